The first kappa shape index (κ1) is 23.3. The normalized spacial score (nSPS) is 17.8. The number of ketones is 1. The van der Waals surface area contributed by atoms with Crippen LogP contribution < -0.4 is 11.1 Å². The van der Waals surface area contributed by atoms with Gasteiger partial charge in [0, 0.05) is 25.8 Å². The molecule has 164 valence electrons. The molecule has 9 nitrogen and oxygen atoms in total. The number of rotatable bonds is 9. The first-order valence-corrected chi connectivity index (χ1v) is 9.96. The average Bonchev–Trinajstić information content (AvgIpc) is 3.21. The summed E-state index contributed by atoms with van der Waals surface area (Å²) in [6.45, 7) is 2.07. The summed E-state index contributed by atoms with van der Waals surface area (Å²) < 4.78 is 4.75. The van der Waals surface area contributed by atoms with Crippen molar-refractivity contribution in [1.29, 1.82) is 0 Å². The number of aromatic hydroxyl groups is 1. The standard InChI is InChI=1S/C21H29N3O6/c1-13(22)20(28)24-11-3-4-17(24)18(26)9-10-19(27)23-16(21(29)30-2)12-14-5-7-15(25)8-6-14/h5-8,13,16-17,25H,3-4,9-12,22H2,1-2H3,(H,23,27)/t13-,16-,17-/m0/s1. The highest BCUT2D eigenvalue weighted by Crippen LogP contribution is 2.20. The van der Waals surface area contributed by atoms with E-state index in [1.807, 2.05) is 0 Å². The van der Waals surface area contributed by atoms with Crippen LogP contribution in [0.3, 0.4) is 0 Å². The van der Waals surface area contributed by atoms with E-state index in [0.717, 1.165) is 12.0 Å². The zero-order chi connectivity index (χ0) is 22.3. The quantitative estimate of drug-likeness (QED) is 0.489. The molecule has 9 heteroatoms. The number of esters is 1. The number of phenolic OH excluding ortho intramolecular Hbond substituents is 1. The van der Waals surface area contributed by atoms with Crippen molar-refractivity contribution in [3.63, 3.8) is 0 Å². The Bertz CT molecular complexity index is 777. The molecule has 0 aliphatic carbocycles. The maximum absolute atomic E-state index is 12.6. The maximum atomic E-state index is 12.6. The molecule has 1 aliphatic heterocycles. The van der Waals surface area contributed by atoms with Gasteiger partial charge in [0.2, 0.25) is 11.8 Å². The molecule has 1 heterocycles. The number of nitrogens with two attached hydrogens (primary N) is 1. The lowest BCUT2D eigenvalue weighted by Crippen LogP contribution is -2.47. The number of methoxy groups -OCH3 is 1. The summed E-state index contributed by atoms with van der Waals surface area (Å²) in [6, 6.07) is 4.12. The summed E-state index contributed by atoms with van der Waals surface area (Å²) in [6.07, 6.45) is 1.33. The summed E-state index contributed by atoms with van der Waals surface area (Å²) in [7, 11) is 1.23. The van der Waals surface area contributed by atoms with Crippen molar-refractivity contribution in [3.8, 4) is 5.75 Å². The Morgan fingerprint density at radius 2 is 1.90 bits per heavy atom. The largest absolute Gasteiger partial charge is 0.508 e. The van der Waals surface area contributed by atoms with Gasteiger partial charge < -0.3 is 25.8 Å². The zero-order valence-electron chi connectivity index (χ0n) is 17.3. The van der Waals surface area contributed by atoms with Gasteiger partial charge in [-0.3, -0.25) is 14.4 Å². The molecule has 0 saturated carbocycles. The van der Waals surface area contributed by atoms with Crippen LogP contribution in [0.1, 0.15) is 38.2 Å². The minimum absolute atomic E-state index is 0.0354. The van der Waals surface area contributed by atoms with Gasteiger partial charge in [-0.05, 0) is 37.5 Å². The Labute approximate surface area is 175 Å². The number of hydrogen-bond acceptors (Lipinski definition) is 7. The monoisotopic (exact) mass is 419 g/mol. The topological polar surface area (TPSA) is 139 Å². The highest BCUT2D eigenvalue weighted by Gasteiger charge is 2.35. The fourth-order valence-electron chi connectivity index (χ4n) is 3.50. The van der Waals surface area contributed by atoms with E-state index in [1.165, 1.54) is 24.1 Å². The van der Waals surface area contributed by atoms with E-state index in [-0.39, 0.29) is 36.7 Å². The van der Waals surface area contributed by atoms with Crippen molar-refractivity contribution in [2.45, 2.75) is 57.2 Å². The van der Waals surface area contributed by atoms with E-state index < -0.39 is 30.0 Å². The van der Waals surface area contributed by atoms with E-state index >= 15 is 0 Å². The molecule has 1 saturated heterocycles. The molecule has 1 aromatic rings. The number of carbonyl (C=O) groups excluding carboxylic acids is 4. The van der Waals surface area contributed by atoms with E-state index in [4.69, 9.17) is 10.5 Å². The number of phenols is 1. The summed E-state index contributed by atoms with van der Waals surface area (Å²) in [5, 5.41) is 12.0. The third-order valence-corrected chi connectivity index (χ3v) is 5.09. The molecule has 1 aliphatic rings. The predicted octanol–water partition coefficient (Wildman–Crippen LogP) is 0.280. The molecule has 4 N–H and O–H groups in total. The molecule has 30 heavy (non-hydrogen) atoms. The number of ether oxygens (including phenoxy) is 1. The van der Waals surface area contributed by atoms with Gasteiger partial charge in [-0.15, -0.1) is 0 Å². The van der Waals surface area contributed by atoms with E-state index in [0.29, 0.717) is 13.0 Å². The third-order valence-electron chi connectivity index (χ3n) is 5.09. The molecule has 3 atom stereocenters. The van der Waals surface area contributed by atoms with Gasteiger partial charge in [-0.2, -0.15) is 0 Å². The van der Waals surface area contributed by atoms with Gasteiger partial charge in [0.25, 0.3) is 0 Å². The molecule has 1 aromatic carbocycles. The summed E-state index contributed by atoms with van der Waals surface area (Å²) >= 11 is 0. The fraction of sp³-hybridized carbons (Fsp3) is 0.524. The highest BCUT2D eigenvalue weighted by atomic mass is 16.5. The minimum Gasteiger partial charge on any atom is -0.508 e. The lowest BCUT2D eigenvalue weighted by atomic mass is 10.0. The fourth-order valence-corrected chi connectivity index (χ4v) is 3.50. The van der Waals surface area contributed by atoms with Gasteiger partial charge in [0.15, 0.2) is 5.78 Å². The number of likely N-dealkylation sites (tertiary alicyclic amines) is 1. The Morgan fingerprint density at radius 3 is 2.50 bits per heavy atom. The van der Waals surface area contributed by atoms with Gasteiger partial charge in [0.1, 0.15) is 11.8 Å². The minimum atomic E-state index is -0.912. The van der Waals surface area contributed by atoms with E-state index in [9.17, 15) is 24.3 Å². The first-order valence-electron chi connectivity index (χ1n) is 9.96. The Balaban J connectivity index is 1.91. The van der Waals surface area contributed by atoms with Crippen LogP contribution >= 0.6 is 0 Å². The number of hydrogen-bond donors (Lipinski definition) is 3. The maximum Gasteiger partial charge on any atom is 0.328 e. The van der Waals surface area contributed by atoms with Gasteiger partial charge in [-0.25, -0.2) is 4.79 Å². The molecular formula is C21H29N3O6. The number of benzene rings is 1. The zero-order valence-corrected chi connectivity index (χ0v) is 17.3. The molecular weight excluding hydrogens is 390 g/mol. The van der Waals surface area contributed by atoms with Crippen molar-refractivity contribution in [1.82, 2.24) is 10.2 Å². The lowest BCUT2D eigenvalue weighted by Gasteiger charge is -2.25. The van der Waals surface area contributed by atoms with Crippen molar-refractivity contribution in [3.05, 3.63) is 29.8 Å². The molecule has 0 aromatic heterocycles. The van der Waals surface area contributed by atoms with E-state index in [1.54, 1.807) is 19.1 Å². The van der Waals surface area contributed by atoms with Crippen molar-refractivity contribution < 1.29 is 29.0 Å². The van der Waals surface area contributed by atoms with Crippen molar-refractivity contribution in [2.24, 2.45) is 5.73 Å². The summed E-state index contributed by atoms with van der Waals surface area (Å²) in [5.41, 5.74) is 6.38. The van der Waals surface area contributed by atoms with Gasteiger partial charge in [0.05, 0.1) is 19.2 Å². The number of nitrogens with one attached hydrogen (secondary N) is 1. The molecule has 0 radical (unpaired) electrons. The van der Waals surface area contributed by atoms with Crippen LogP contribution in [0.5, 0.6) is 5.75 Å². The lowest BCUT2D eigenvalue weighted by molar-refractivity contribution is -0.145. The van der Waals surface area contributed by atoms with Crippen LogP contribution in [0.4, 0.5) is 0 Å². The molecule has 2 amide bonds. The number of carbonyl (C=O) groups is 4. The Kier molecular flexibility index (Phi) is 8.35. The Hall–Kier alpha value is -2.94. The molecule has 0 unspecified atom stereocenters. The Morgan fingerprint density at radius 1 is 1.23 bits per heavy atom. The van der Waals surface area contributed by atoms with Crippen molar-refractivity contribution in [2.75, 3.05) is 13.7 Å². The van der Waals surface area contributed by atoms with Crippen molar-refractivity contribution >= 4 is 23.6 Å². The second-order valence-electron chi connectivity index (χ2n) is 7.46. The second-order valence-corrected chi connectivity index (χ2v) is 7.46. The second kappa shape index (κ2) is 10.7. The van der Waals surface area contributed by atoms with Crippen LogP contribution in [0.15, 0.2) is 24.3 Å². The first-order chi connectivity index (χ1) is 14.2. The van der Waals surface area contributed by atoms with Crippen LogP contribution in [0.2, 0.25) is 0 Å². The molecule has 0 spiro atoms. The SMILES string of the molecule is COC(=O)[C@H](Cc1ccc(O)cc1)NC(=O)CCC(=O)[C@@H]1CCCN1C(=O)[C@H](C)N. The number of nitrogens with zero attached hydrogens (tertiary/aromatic N) is 1. The predicted molar refractivity (Wildman–Crippen MR) is 108 cm³/mol. The van der Waals surface area contributed by atoms with Crippen LogP contribution in [-0.2, 0) is 30.3 Å². The van der Waals surface area contributed by atoms with Gasteiger partial charge in [-0.1, -0.05) is 12.1 Å². The smallest absolute Gasteiger partial charge is 0.328 e. The number of amides is 2. The van der Waals surface area contributed by atoms with Crippen LogP contribution in [0.25, 0.3) is 0 Å². The molecule has 1 fully saturated rings. The molecule has 2 rings (SSSR count). The van der Waals surface area contributed by atoms with Crippen LogP contribution in [-0.4, -0.2) is 65.4 Å². The number of Topliss-reactive ketones (excluding diaryl/α,β-unsaturated/α-hetero) is 1. The summed E-state index contributed by atoms with van der Waals surface area (Å²) in [5.74, 6) is -1.42. The van der Waals surface area contributed by atoms with E-state index in [2.05, 4.69) is 5.32 Å². The average molecular weight is 419 g/mol. The highest BCUT2D eigenvalue weighted by molar-refractivity contribution is 5.93. The van der Waals surface area contributed by atoms with Crippen LogP contribution in [0, 0.1) is 0 Å². The molecule has 0 bridgehead atoms. The third kappa shape index (κ3) is 6.28. The van der Waals surface area contributed by atoms with Gasteiger partial charge >= 0.3 is 5.97 Å². The summed E-state index contributed by atoms with van der Waals surface area (Å²) in [4.78, 5) is 50.6.